The Labute approximate surface area is 77.6 Å². The molecule has 1 aliphatic carbocycles. The maximum atomic E-state index is 11.9. The normalized spacial score (nSPS) is 31.5. The van der Waals surface area contributed by atoms with Gasteiger partial charge in [0.05, 0.1) is 5.69 Å². The molecule has 1 fully saturated rings. The third-order valence-corrected chi connectivity index (χ3v) is 3.45. The Morgan fingerprint density at radius 1 is 1.31 bits per heavy atom. The lowest BCUT2D eigenvalue weighted by molar-refractivity contribution is 0.0891. The van der Waals surface area contributed by atoms with E-state index >= 15 is 0 Å². The topological polar surface area (TPSA) is 22.0 Å². The Bertz CT molecular complexity index is 353. The van der Waals surface area contributed by atoms with Crippen LogP contribution >= 0.6 is 0 Å². The van der Waals surface area contributed by atoms with Gasteiger partial charge in [-0.1, -0.05) is 12.8 Å². The number of carbonyl (C=O) groups is 1. The number of nitrogens with zero attached hydrogens (tertiary/aromatic N) is 1. The summed E-state index contributed by atoms with van der Waals surface area (Å²) < 4.78 is 2.19. The average Bonchev–Trinajstić information content (AvgIpc) is 2.72. The standard InChI is InChI=1S/C11H13NO/c13-11-8-4-1-2-5-9(8)12-7-3-6-10(11)12/h3,6-9H,1-2,4-5H2. The smallest absolute Gasteiger partial charge is 0.184 e. The van der Waals surface area contributed by atoms with Crippen molar-refractivity contribution in [3.63, 3.8) is 0 Å². The van der Waals surface area contributed by atoms with Gasteiger partial charge in [0, 0.05) is 18.2 Å². The van der Waals surface area contributed by atoms with Gasteiger partial charge in [0.1, 0.15) is 0 Å². The van der Waals surface area contributed by atoms with Crippen LogP contribution in [0.3, 0.4) is 0 Å². The molecule has 3 rings (SSSR count). The van der Waals surface area contributed by atoms with Crippen molar-refractivity contribution < 1.29 is 4.79 Å². The molecule has 0 saturated heterocycles. The van der Waals surface area contributed by atoms with Gasteiger partial charge in [-0.3, -0.25) is 4.79 Å². The predicted molar refractivity (Wildman–Crippen MR) is 49.8 cm³/mol. The minimum Gasteiger partial charge on any atom is -0.341 e. The molecule has 1 aromatic rings. The van der Waals surface area contributed by atoms with Crippen LogP contribution in [0.1, 0.15) is 42.2 Å². The lowest BCUT2D eigenvalue weighted by Gasteiger charge is -2.24. The number of carbonyl (C=O) groups excluding carboxylic acids is 1. The molecule has 1 aliphatic heterocycles. The number of aromatic nitrogens is 1. The first-order valence-corrected chi connectivity index (χ1v) is 5.09. The zero-order valence-corrected chi connectivity index (χ0v) is 7.57. The van der Waals surface area contributed by atoms with Gasteiger partial charge in [-0.05, 0) is 25.0 Å². The summed E-state index contributed by atoms with van der Waals surface area (Å²) >= 11 is 0. The number of ketones is 1. The molecule has 1 aromatic heterocycles. The van der Waals surface area contributed by atoms with Crippen molar-refractivity contribution in [2.24, 2.45) is 5.92 Å². The first-order valence-electron chi connectivity index (χ1n) is 5.09. The highest BCUT2D eigenvalue weighted by atomic mass is 16.1. The maximum Gasteiger partial charge on any atom is 0.184 e. The van der Waals surface area contributed by atoms with E-state index in [4.69, 9.17) is 0 Å². The molecule has 2 aliphatic rings. The Morgan fingerprint density at radius 2 is 2.15 bits per heavy atom. The predicted octanol–water partition coefficient (Wildman–Crippen LogP) is 2.42. The Morgan fingerprint density at radius 3 is 3.08 bits per heavy atom. The summed E-state index contributed by atoms with van der Waals surface area (Å²) in [7, 11) is 0. The van der Waals surface area contributed by atoms with Crippen LogP contribution in [0.2, 0.25) is 0 Å². The molecule has 0 amide bonds. The molecule has 0 spiro atoms. The first-order chi connectivity index (χ1) is 6.38. The zero-order valence-electron chi connectivity index (χ0n) is 7.57. The van der Waals surface area contributed by atoms with Gasteiger partial charge in [0.25, 0.3) is 0 Å². The van der Waals surface area contributed by atoms with Crippen LogP contribution in [0.4, 0.5) is 0 Å². The first kappa shape index (κ1) is 7.36. The molecule has 0 aromatic carbocycles. The van der Waals surface area contributed by atoms with Crippen LogP contribution in [0.25, 0.3) is 0 Å². The monoisotopic (exact) mass is 175 g/mol. The van der Waals surface area contributed by atoms with E-state index in [1.54, 1.807) is 0 Å². The Balaban J connectivity index is 2.08. The summed E-state index contributed by atoms with van der Waals surface area (Å²) in [4.78, 5) is 11.9. The SMILES string of the molecule is O=C1c2cccn2C2CCCCC12. The van der Waals surface area contributed by atoms with Crippen LogP contribution in [0, 0.1) is 5.92 Å². The van der Waals surface area contributed by atoms with Crippen LogP contribution < -0.4 is 0 Å². The highest BCUT2D eigenvalue weighted by Crippen LogP contribution is 2.41. The second-order valence-corrected chi connectivity index (χ2v) is 4.12. The fraction of sp³-hybridized carbons (Fsp3) is 0.545. The molecule has 2 unspecified atom stereocenters. The van der Waals surface area contributed by atoms with E-state index in [2.05, 4.69) is 10.8 Å². The van der Waals surface area contributed by atoms with Crippen molar-refractivity contribution in [3.05, 3.63) is 24.0 Å². The largest absolute Gasteiger partial charge is 0.341 e. The maximum absolute atomic E-state index is 11.9. The summed E-state index contributed by atoms with van der Waals surface area (Å²) in [6.07, 6.45) is 6.87. The van der Waals surface area contributed by atoms with Crippen molar-refractivity contribution in [3.8, 4) is 0 Å². The third-order valence-electron chi connectivity index (χ3n) is 3.45. The van der Waals surface area contributed by atoms with E-state index in [1.165, 1.54) is 19.3 Å². The van der Waals surface area contributed by atoms with Crippen molar-refractivity contribution in [2.45, 2.75) is 31.7 Å². The molecule has 0 bridgehead atoms. The second-order valence-electron chi connectivity index (χ2n) is 4.12. The zero-order chi connectivity index (χ0) is 8.84. The molecule has 13 heavy (non-hydrogen) atoms. The molecule has 2 heterocycles. The van der Waals surface area contributed by atoms with Gasteiger partial charge in [0.2, 0.25) is 0 Å². The summed E-state index contributed by atoms with van der Waals surface area (Å²) in [6.45, 7) is 0. The van der Waals surface area contributed by atoms with Crippen LogP contribution in [0.5, 0.6) is 0 Å². The molecule has 68 valence electrons. The van der Waals surface area contributed by atoms with Crippen molar-refractivity contribution in [1.29, 1.82) is 0 Å². The molecular formula is C11H13NO. The number of hydrogen-bond acceptors (Lipinski definition) is 1. The van der Waals surface area contributed by atoms with Gasteiger partial charge in [0.15, 0.2) is 5.78 Å². The van der Waals surface area contributed by atoms with Gasteiger partial charge in [-0.25, -0.2) is 0 Å². The fourth-order valence-corrected chi connectivity index (χ4v) is 2.83. The minimum absolute atomic E-state index is 0.310. The number of fused-ring (bicyclic) bond motifs is 3. The van der Waals surface area contributed by atoms with Gasteiger partial charge >= 0.3 is 0 Å². The summed E-state index contributed by atoms with van der Waals surface area (Å²) in [6, 6.07) is 4.44. The van der Waals surface area contributed by atoms with Crippen molar-refractivity contribution in [1.82, 2.24) is 4.57 Å². The van der Waals surface area contributed by atoms with Gasteiger partial charge in [-0.2, -0.15) is 0 Å². The lowest BCUT2D eigenvalue weighted by Crippen LogP contribution is -2.19. The van der Waals surface area contributed by atoms with E-state index in [9.17, 15) is 4.79 Å². The third kappa shape index (κ3) is 0.859. The van der Waals surface area contributed by atoms with E-state index in [-0.39, 0.29) is 0 Å². The van der Waals surface area contributed by atoms with Gasteiger partial charge in [-0.15, -0.1) is 0 Å². The van der Waals surface area contributed by atoms with Crippen molar-refractivity contribution in [2.75, 3.05) is 0 Å². The Kier molecular flexibility index (Phi) is 1.40. The Hall–Kier alpha value is -1.05. The van der Waals surface area contributed by atoms with E-state index in [1.807, 2.05) is 12.1 Å². The molecule has 0 N–H and O–H groups in total. The second kappa shape index (κ2) is 2.47. The fourth-order valence-electron chi connectivity index (χ4n) is 2.83. The number of Topliss-reactive ketones (excluding diaryl/α,β-unsaturated/α-hetero) is 1. The average molecular weight is 175 g/mol. The summed E-state index contributed by atoms with van der Waals surface area (Å²) in [5.41, 5.74) is 0.942. The minimum atomic E-state index is 0.310. The molecule has 2 atom stereocenters. The van der Waals surface area contributed by atoms with Crippen LogP contribution in [-0.2, 0) is 0 Å². The quantitative estimate of drug-likeness (QED) is 0.593. The molecule has 0 radical (unpaired) electrons. The van der Waals surface area contributed by atoms with E-state index in [0.717, 1.165) is 12.1 Å². The number of rotatable bonds is 0. The number of hydrogen-bond donors (Lipinski definition) is 0. The summed E-state index contributed by atoms with van der Waals surface area (Å²) in [5, 5.41) is 0. The highest BCUT2D eigenvalue weighted by Gasteiger charge is 2.39. The molecule has 1 saturated carbocycles. The van der Waals surface area contributed by atoms with E-state index < -0.39 is 0 Å². The molecule has 2 heteroatoms. The van der Waals surface area contributed by atoms with Gasteiger partial charge < -0.3 is 4.57 Å². The molecular weight excluding hydrogens is 162 g/mol. The summed E-state index contributed by atoms with van der Waals surface area (Å²) in [5.74, 6) is 0.694. The van der Waals surface area contributed by atoms with Crippen LogP contribution in [-0.4, -0.2) is 10.4 Å². The highest BCUT2D eigenvalue weighted by molar-refractivity contribution is 5.99. The molecule has 2 nitrogen and oxygen atoms in total. The van der Waals surface area contributed by atoms with E-state index in [0.29, 0.717) is 17.7 Å². The lowest BCUT2D eigenvalue weighted by atomic mass is 9.84. The van der Waals surface area contributed by atoms with Crippen LogP contribution in [0.15, 0.2) is 18.3 Å². The van der Waals surface area contributed by atoms with Crippen molar-refractivity contribution >= 4 is 5.78 Å².